The Kier molecular flexibility index (Phi) is 4.69. The van der Waals surface area contributed by atoms with E-state index in [0.29, 0.717) is 12.2 Å². The molecule has 2 nitrogen and oxygen atoms in total. The molecular weight excluding hydrogens is 260 g/mol. The van der Waals surface area contributed by atoms with Crippen molar-refractivity contribution < 1.29 is 13.5 Å². The molecule has 0 aromatic heterocycles. The molecule has 0 fully saturated rings. The van der Waals surface area contributed by atoms with Gasteiger partial charge in [-0.1, -0.05) is 13.0 Å². The molecule has 0 radical (unpaired) electrons. The molecule has 0 amide bonds. The number of hydrogen-bond donors (Lipinski definition) is 1. The number of hydrogen-bond acceptors (Lipinski definition) is 2. The summed E-state index contributed by atoms with van der Waals surface area (Å²) in [7, 11) is 0. The summed E-state index contributed by atoms with van der Waals surface area (Å²) in [5.41, 5.74) is 6.68. The van der Waals surface area contributed by atoms with Crippen molar-refractivity contribution >= 4 is 0 Å². The minimum atomic E-state index is -0.449. The number of ether oxygens (including phenoxy) is 1. The zero-order chi connectivity index (χ0) is 14.5. The highest BCUT2D eigenvalue weighted by atomic mass is 19.1. The Morgan fingerprint density at radius 2 is 1.80 bits per heavy atom. The molecule has 2 aromatic rings. The van der Waals surface area contributed by atoms with E-state index in [1.54, 1.807) is 12.1 Å². The molecule has 2 N–H and O–H groups in total. The molecule has 0 aliphatic rings. The van der Waals surface area contributed by atoms with Gasteiger partial charge >= 0.3 is 0 Å². The van der Waals surface area contributed by atoms with Crippen LogP contribution in [0.4, 0.5) is 8.78 Å². The summed E-state index contributed by atoms with van der Waals surface area (Å²) in [5, 5.41) is 0. The fourth-order valence-electron chi connectivity index (χ4n) is 1.83. The van der Waals surface area contributed by atoms with Crippen LogP contribution in [0.3, 0.4) is 0 Å². The predicted octanol–water partition coefficient (Wildman–Crippen LogP) is 4.04. The molecule has 2 rings (SSSR count). The molecule has 2 aromatic carbocycles. The second-order valence-corrected chi connectivity index (χ2v) is 4.69. The van der Waals surface area contributed by atoms with Crippen LogP contribution in [0.1, 0.15) is 18.9 Å². The maximum Gasteiger partial charge on any atom is 0.165 e. The van der Waals surface area contributed by atoms with Gasteiger partial charge in [0.25, 0.3) is 0 Å². The van der Waals surface area contributed by atoms with E-state index < -0.39 is 5.82 Å². The molecular formula is C16H17F2NO. The van der Waals surface area contributed by atoms with E-state index in [0.717, 1.165) is 12.0 Å². The molecule has 1 unspecified atom stereocenters. The normalized spacial score (nSPS) is 12.2. The molecule has 0 aliphatic carbocycles. The van der Waals surface area contributed by atoms with Gasteiger partial charge in [-0.25, -0.2) is 8.78 Å². The Morgan fingerprint density at radius 1 is 1.10 bits per heavy atom. The minimum absolute atomic E-state index is 0.0262. The fraction of sp³-hybridized carbons (Fsp3) is 0.250. The zero-order valence-electron chi connectivity index (χ0n) is 11.3. The van der Waals surface area contributed by atoms with Crippen molar-refractivity contribution in [1.82, 2.24) is 0 Å². The maximum absolute atomic E-state index is 13.9. The van der Waals surface area contributed by atoms with E-state index >= 15 is 0 Å². The van der Waals surface area contributed by atoms with Gasteiger partial charge in [0.2, 0.25) is 0 Å². The third kappa shape index (κ3) is 3.78. The van der Waals surface area contributed by atoms with Gasteiger partial charge in [0.15, 0.2) is 11.6 Å². The highest BCUT2D eigenvalue weighted by Gasteiger charge is 2.08. The second kappa shape index (κ2) is 6.48. The lowest BCUT2D eigenvalue weighted by molar-refractivity contribution is 0.440. The van der Waals surface area contributed by atoms with Crippen molar-refractivity contribution in [3.8, 4) is 11.5 Å². The largest absolute Gasteiger partial charge is 0.454 e. The summed E-state index contributed by atoms with van der Waals surface area (Å²) >= 11 is 0. The highest BCUT2D eigenvalue weighted by Crippen LogP contribution is 2.25. The van der Waals surface area contributed by atoms with Crippen LogP contribution in [0.5, 0.6) is 11.5 Å². The smallest absolute Gasteiger partial charge is 0.165 e. The second-order valence-electron chi connectivity index (χ2n) is 4.69. The van der Waals surface area contributed by atoms with E-state index in [4.69, 9.17) is 10.5 Å². The number of benzene rings is 2. The summed E-state index contributed by atoms with van der Waals surface area (Å²) < 4.78 is 32.1. The van der Waals surface area contributed by atoms with Crippen LogP contribution in [-0.4, -0.2) is 6.04 Å². The molecule has 0 spiro atoms. The minimum Gasteiger partial charge on any atom is -0.454 e. The van der Waals surface area contributed by atoms with Crippen molar-refractivity contribution in [2.75, 3.05) is 0 Å². The van der Waals surface area contributed by atoms with Gasteiger partial charge in [-0.2, -0.15) is 0 Å². The van der Waals surface area contributed by atoms with Crippen molar-refractivity contribution in [2.45, 2.75) is 25.8 Å². The van der Waals surface area contributed by atoms with Gasteiger partial charge < -0.3 is 10.5 Å². The first-order valence-corrected chi connectivity index (χ1v) is 6.56. The van der Waals surface area contributed by atoms with Crippen molar-refractivity contribution in [3.63, 3.8) is 0 Å². The van der Waals surface area contributed by atoms with Crippen molar-refractivity contribution in [2.24, 2.45) is 5.73 Å². The first kappa shape index (κ1) is 14.5. The number of halogens is 2. The lowest BCUT2D eigenvalue weighted by Crippen LogP contribution is -2.21. The van der Waals surface area contributed by atoms with E-state index in [1.165, 1.54) is 30.3 Å². The highest BCUT2D eigenvalue weighted by molar-refractivity contribution is 5.34. The quantitative estimate of drug-likeness (QED) is 0.895. The summed E-state index contributed by atoms with van der Waals surface area (Å²) in [6, 6.07) is 10.2. The van der Waals surface area contributed by atoms with Crippen LogP contribution in [0, 0.1) is 11.6 Å². The van der Waals surface area contributed by atoms with Crippen LogP contribution in [0.15, 0.2) is 42.5 Å². The zero-order valence-corrected chi connectivity index (χ0v) is 11.3. The number of nitrogens with two attached hydrogens (primary N) is 1. The third-order valence-corrected chi connectivity index (χ3v) is 3.06. The Morgan fingerprint density at radius 3 is 2.40 bits per heavy atom. The molecule has 0 saturated carbocycles. The standard InChI is InChI=1S/C16H17F2NO/c1-2-13(19)9-11-3-8-16(15(18)10-11)20-14-6-4-12(17)5-7-14/h3-8,10,13H,2,9,19H2,1H3. The lowest BCUT2D eigenvalue weighted by Gasteiger charge is -2.11. The van der Waals surface area contributed by atoms with Gasteiger partial charge in [-0.15, -0.1) is 0 Å². The Hall–Kier alpha value is -1.94. The van der Waals surface area contributed by atoms with Crippen LogP contribution >= 0.6 is 0 Å². The van der Waals surface area contributed by atoms with E-state index in [-0.39, 0.29) is 17.6 Å². The van der Waals surface area contributed by atoms with E-state index in [9.17, 15) is 8.78 Å². The van der Waals surface area contributed by atoms with Gasteiger partial charge in [0, 0.05) is 6.04 Å². The molecule has 0 saturated heterocycles. The maximum atomic E-state index is 13.9. The van der Waals surface area contributed by atoms with Crippen molar-refractivity contribution in [1.29, 1.82) is 0 Å². The monoisotopic (exact) mass is 277 g/mol. The molecule has 0 aliphatic heterocycles. The SMILES string of the molecule is CCC(N)Cc1ccc(Oc2ccc(F)cc2)c(F)c1. The summed E-state index contributed by atoms with van der Waals surface area (Å²) in [6.07, 6.45) is 1.47. The van der Waals surface area contributed by atoms with E-state index in [1.807, 2.05) is 6.92 Å². The average molecular weight is 277 g/mol. The van der Waals surface area contributed by atoms with Gasteiger partial charge in [-0.05, 0) is 54.8 Å². The van der Waals surface area contributed by atoms with Crippen LogP contribution in [-0.2, 0) is 6.42 Å². The van der Waals surface area contributed by atoms with Gasteiger partial charge in [0.1, 0.15) is 11.6 Å². The van der Waals surface area contributed by atoms with Gasteiger partial charge in [0.05, 0.1) is 0 Å². The Balaban J connectivity index is 2.11. The third-order valence-electron chi connectivity index (χ3n) is 3.06. The van der Waals surface area contributed by atoms with Crippen LogP contribution in [0.2, 0.25) is 0 Å². The van der Waals surface area contributed by atoms with Crippen LogP contribution in [0.25, 0.3) is 0 Å². The number of rotatable bonds is 5. The van der Waals surface area contributed by atoms with E-state index in [2.05, 4.69) is 0 Å². The van der Waals surface area contributed by atoms with Gasteiger partial charge in [-0.3, -0.25) is 0 Å². The molecule has 4 heteroatoms. The Labute approximate surface area is 117 Å². The molecule has 0 heterocycles. The fourth-order valence-corrected chi connectivity index (χ4v) is 1.83. The predicted molar refractivity (Wildman–Crippen MR) is 74.8 cm³/mol. The Bertz CT molecular complexity index is 569. The molecule has 0 bridgehead atoms. The summed E-state index contributed by atoms with van der Waals surface area (Å²) in [5.74, 6) is -0.300. The summed E-state index contributed by atoms with van der Waals surface area (Å²) in [6.45, 7) is 1.99. The first-order valence-electron chi connectivity index (χ1n) is 6.56. The summed E-state index contributed by atoms with van der Waals surface area (Å²) in [4.78, 5) is 0. The molecule has 106 valence electrons. The lowest BCUT2D eigenvalue weighted by atomic mass is 10.0. The average Bonchev–Trinajstić information content (AvgIpc) is 2.44. The topological polar surface area (TPSA) is 35.2 Å². The molecule has 1 atom stereocenters. The van der Waals surface area contributed by atoms with Crippen LogP contribution < -0.4 is 10.5 Å². The first-order chi connectivity index (χ1) is 9.58. The van der Waals surface area contributed by atoms with Crippen molar-refractivity contribution in [3.05, 3.63) is 59.7 Å². The molecule has 20 heavy (non-hydrogen) atoms.